The highest BCUT2D eigenvalue weighted by Crippen LogP contribution is 2.28. The van der Waals surface area contributed by atoms with Crippen LogP contribution in [0.1, 0.15) is 32.4 Å². The molecule has 1 unspecified atom stereocenters. The van der Waals surface area contributed by atoms with Gasteiger partial charge >= 0.3 is 0 Å². The van der Waals surface area contributed by atoms with Crippen molar-refractivity contribution in [3.05, 3.63) is 34.9 Å². The maximum absolute atomic E-state index is 5.89. The van der Waals surface area contributed by atoms with Gasteiger partial charge in [-0.3, -0.25) is 0 Å². The third-order valence-electron chi connectivity index (χ3n) is 2.83. The number of nitrogens with one attached hydrogen (secondary N) is 1. The van der Waals surface area contributed by atoms with E-state index in [1.165, 1.54) is 5.56 Å². The predicted octanol–water partition coefficient (Wildman–Crippen LogP) is 3.42. The van der Waals surface area contributed by atoms with Gasteiger partial charge in [-0.2, -0.15) is 0 Å². The van der Waals surface area contributed by atoms with Crippen molar-refractivity contribution in [2.45, 2.75) is 32.4 Å². The number of rotatable bonds is 5. The molecule has 0 fully saturated rings. The zero-order valence-corrected chi connectivity index (χ0v) is 11.1. The molecule has 1 aromatic rings. The molecule has 3 heteroatoms. The molecule has 1 N–H and O–H groups in total. The lowest BCUT2D eigenvalue weighted by atomic mass is 9.91. The summed E-state index contributed by atoms with van der Waals surface area (Å²) in [6, 6.07) is 8.06. The van der Waals surface area contributed by atoms with Crippen LogP contribution in [0.25, 0.3) is 0 Å². The maximum atomic E-state index is 5.89. The summed E-state index contributed by atoms with van der Waals surface area (Å²) >= 11 is 5.89. The van der Waals surface area contributed by atoms with Crippen LogP contribution in [0.3, 0.4) is 0 Å². The summed E-state index contributed by atoms with van der Waals surface area (Å²) in [6.45, 7) is 7.15. The Balaban J connectivity index is 2.97. The molecule has 1 atom stereocenters. The molecule has 0 aliphatic rings. The van der Waals surface area contributed by atoms with Crippen molar-refractivity contribution < 1.29 is 4.74 Å². The third-order valence-corrected chi connectivity index (χ3v) is 3.08. The summed E-state index contributed by atoms with van der Waals surface area (Å²) in [4.78, 5) is 0. The quantitative estimate of drug-likeness (QED) is 0.853. The lowest BCUT2D eigenvalue weighted by Crippen LogP contribution is -2.40. The van der Waals surface area contributed by atoms with Gasteiger partial charge < -0.3 is 10.1 Å². The van der Waals surface area contributed by atoms with Crippen LogP contribution in [0, 0.1) is 0 Å². The minimum atomic E-state index is -0.246. The van der Waals surface area contributed by atoms with Gasteiger partial charge in [-0.1, -0.05) is 30.7 Å². The molecule has 0 spiro atoms. The second kappa shape index (κ2) is 5.67. The first kappa shape index (κ1) is 13.5. The van der Waals surface area contributed by atoms with Gasteiger partial charge in [0.05, 0.1) is 11.6 Å². The zero-order valence-electron chi connectivity index (χ0n) is 10.4. The molecule has 0 aliphatic carbocycles. The fraction of sp³-hybridized carbons (Fsp3) is 0.538. The van der Waals surface area contributed by atoms with Crippen LogP contribution in [0.2, 0.25) is 5.02 Å². The number of ether oxygens (including phenoxy) is 1. The van der Waals surface area contributed by atoms with Gasteiger partial charge in [-0.15, -0.1) is 0 Å². The van der Waals surface area contributed by atoms with E-state index in [0.29, 0.717) is 0 Å². The molecule has 2 nitrogen and oxygen atoms in total. The van der Waals surface area contributed by atoms with Crippen molar-refractivity contribution in [2.75, 3.05) is 13.7 Å². The number of halogens is 1. The van der Waals surface area contributed by atoms with E-state index in [9.17, 15) is 0 Å². The lowest BCUT2D eigenvalue weighted by Gasteiger charge is -2.34. The fourth-order valence-electron chi connectivity index (χ4n) is 1.74. The molecule has 0 saturated carbocycles. The molecular weight excluding hydrogens is 222 g/mol. The first-order chi connectivity index (χ1) is 7.51. The third kappa shape index (κ3) is 3.21. The molecule has 0 radical (unpaired) electrons. The minimum Gasteiger partial charge on any atom is -0.377 e. The summed E-state index contributed by atoms with van der Waals surface area (Å²) < 4.78 is 5.54. The normalized spacial score (nSPS) is 13.8. The molecule has 0 heterocycles. The van der Waals surface area contributed by atoms with Gasteiger partial charge in [-0.05, 0) is 38.1 Å². The smallest absolute Gasteiger partial charge is 0.0816 e. The van der Waals surface area contributed by atoms with Crippen LogP contribution in [-0.2, 0) is 4.74 Å². The van der Waals surface area contributed by atoms with Crippen molar-refractivity contribution in [1.29, 1.82) is 0 Å². The van der Waals surface area contributed by atoms with E-state index >= 15 is 0 Å². The van der Waals surface area contributed by atoms with Gasteiger partial charge in [0.25, 0.3) is 0 Å². The van der Waals surface area contributed by atoms with Crippen LogP contribution in [0.4, 0.5) is 0 Å². The van der Waals surface area contributed by atoms with E-state index in [2.05, 4.69) is 26.1 Å². The SMILES string of the molecule is CCNC(c1ccc(Cl)cc1)C(C)(C)OC. The second-order valence-electron chi connectivity index (χ2n) is 4.35. The average molecular weight is 242 g/mol. The highest BCUT2D eigenvalue weighted by molar-refractivity contribution is 6.30. The van der Waals surface area contributed by atoms with Crippen molar-refractivity contribution in [1.82, 2.24) is 5.32 Å². The molecule has 0 aliphatic heterocycles. The summed E-state index contributed by atoms with van der Waals surface area (Å²) in [5.74, 6) is 0. The highest BCUT2D eigenvalue weighted by Gasteiger charge is 2.29. The van der Waals surface area contributed by atoms with Crippen molar-refractivity contribution in [3.8, 4) is 0 Å². The number of benzene rings is 1. The number of hydrogen-bond donors (Lipinski definition) is 1. The van der Waals surface area contributed by atoms with E-state index in [0.717, 1.165) is 11.6 Å². The van der Waals surface area contributed by atoms with Crippen LogP contribution in [-0.4, -0.2) is 19.3 Å². The van der Waals surface area contributed by atoms with Crippen LogP contribution >= 0.6 is 11.6 Å². The molecule has 1 aromatic carbocycles. The molecule has 0 bridgehead atoms. The average Bonchev–Trinajstić information content (AvgIpc) is 2.27. The summed E-state index contributed by atoms with van der Waals surface area (Å²) in [5.41, 5.74) is 0.946. The number of hydrogen-bond acceptors (Lipinski definition) is 2. The van der Waals surface area contributed by atoms with Crippen molar-refractivity contribution >= 4 is 11.6 Å². The van der Waals surface area contributed by atoms with Gasteiger partial charge in [0.15, 0.2) is 0 Å². The van der Waals surface area contributed by atoms with E-state index < -0.39 is 0 Å². The van der Waals surface area contributed by atoms with Crippen LogP contribution < -0.4 is 5.32 Å². The molecule has 90 valence electrons. The summed E-state index contributed by atoms with van der Waals surface area (Å²) in [6.07, 6.45) is 0. The Morgan fingerprint density at radius 2 is 1.88 bits per heavy atom. The highest BCUT2D eigenvalue weighted by atomic mass is 35.5. The van der Waals surface area contributed by atoms with E-state index in [4.69, 9.17) is 16.3 Å². The monoisotopic (exact) mass is 241 g/mol. The second-order valence-corrected chi connectivity index (χ2v) is 4.79. The summed E-state index contributed by atoms with van der Waals surface area (Å²) in [7, 11) is 1.74. The van der Waals surface area contributed by atoms with Gasteiger partial charge in [0, 0.05) is 12.1 Å². The largest absolute Gasteiger partial charge is 0.377 e. The zero-order chi connectivity index (χ0) is 12.2. The number of methoxy groups -OCH3 is 1. The van der Waals surface area contributed by atoms with Gasteiger partial charge in [0.1, 0.15) is 0 Å². The number of likely N-dealkylation sites (N-methyl/N-ethyl adjacent to an activating group) is 1. The maximum Gasteiger partial charge on any atom is 0.0816 e. The van der Waals surface area contributed by atoms with Gasteiger partial charge in [0.2, 0.25) is 0 Å². The predicted molar refractivity (Wildman–Crippen MR) is 69.0 cm³/mol. The summed E-state index contributed by atoms with van der Waals surface area (Å²) in [5, 5.41) is 4.20. The Morgan fingerprint density at radius 1 is 1.31 bits per heavy atom. The van der Waals surface area contributed by atoms with Crippen LogP contribution in [0.15, 0.2) is 24.3 Å². The van der Waals surface area contributed by atoms with Gasteiger partial charge in [-0.25, -0.2) is 0 Å². The van der Waals surface area contributed by atoms with Crippen LogP contribution in [0.5, 0.6) is 0 Å². The lowest BCUT2D eigenvalue weighted by molar-refractivity contribution is -0.0106. The molecule has 16 heavy (non-hydrogen) atoms. The molecule has 0 amide bonds. The Labute approximate surface area is 103 Å². The molecule has 1 rings (SSSR count). The van der Waals surface area contributed by atoms with E-state index in [1.807, 2.05) is 24.3 Å². The minimum absolute atomic E-state index is 0.166. The molecule has 0 aromatic heterocycles. The topological polar surface area (TPSA) is 21.3 Å². The first-order valence-electron chi connectivity index (χ1n) is 5.55. The van der Waals surface area contributed by atoms with Crippen molar-refractivity contribution in [2.24, 2.45) is 0 Å². The standard InChI is InChI=1S/C13H20ClNO/c1-5-15-12(13(2,3)16-4)10-6-8-11(14)9-7-10/h6-9,12,15H,5H2,1-4H3. The Morgan fingerprint density at radius 3 is 2.31 bits per heavy atom. The van der Waals surface area contributed by atoms with E-state index in [1.54, 1.807) is 7.11 Å². The Hall–Kier alpha value is -0.570. The van der Waals surface area contributed by atoms with Crippen molar-refractivity contribution in [3.63, 3.8) is 0 Å². The fourth-order valence-corrected chi connectivity index (χ4v) is 1.87. The Kier molecular flexibility index (Phi) is 4.78. The first-order valence-corrected chi connectivity index (χ1v) is 5.93. The Bertz CT molecular complexity index is 321. The molecule has 0 saturated heterocycles. The molecular formula is C13H20ClNO. The van der Waals surface area contributed by atoms with E-state index in [-0.39, 0.29) is 11.6 Å².